The maximum Gasteiger partial charge on any atom is 0.243 e. The molecule has 0 spiro atoms. The smallest absolute Gasteiger partial charge is 0.243 e. The molecule has 3 aromatic carbocycles. The van der Waals surface area contributed by atoms with Crippen LogP contribution in [0, 0.1) is 0 Å². The zero-order chi connectivity index (χ0) is 26.8. The lowest BCUT2D eigenvalue weighted by Crippen LogP contribution is -2.63. The van der Waals surface area contributed by atoms with Crippen molar-refractivity contribution in [1.29, 1.82) is 0 Å². The van der Waals surface area contributed by atoms with E-state index in [1.165, 1.54) is 32.9 Å². The fourth-order valence-electron chi connectivity index (χ4n) is 4.95. The van der Waals surface area contributed by atoms with Gasteiger partial charge in [-0.1, -0.05) is 54.6 Å². The molecule has 2 aliphatic heterocycles. The van der Waals surface area contributed by atoms with Crippen LogP contribution in [-0.2, 0) is 24.8 Å². The largest absolute Gasteiger partial charge is 0.368 e. The summed E-state index contributed by atoms with van der Waals surface area (Å²) in [7, 11) is -7.93. The normalized spacial score (nSPS) is 19.8. The summed E-state index contributed by atoms with van der Waals surface area (Å²) in [5, 5.41) is 0. The number of anilines is 1. The van der Waals surface area contributed by atoms with Crippen LogP contribution in [0.1, 0.15) is 0 Å². The van der Waals surface area contributed by atoms with E-state index in [1.807, 2.05) is 30.3 Å². The number of amides is 1. The summed E-state index contributed by atoms with van der Waals surface area (Å²) in [5.74, 6) is -0.384. The molecule has 2 heterocycles. The first-order chi connectivity index (χ1) is 18.3. The van der Waals surface area contributed by atoms with Crippen LogP contribution in [0.2, 0.25) is 0 Å². The molecule has 200 valence electrons. The SMILES string of the molecule is O=C(C1CN(S(=O)(=O)c2ccccc2)CCN1S(=O)(=O)c1ccccc1)N1CCN(c2ccccc2)CC1. The minimum atomic E-state index is -4.03. The number of sulfonamides is 2. The first-order valence-corrected chi connectivity index (χ1v) is 15.4. The number of carbonyl (C=O) groups is 1. The van der Waals surface area contributed by atoms with Crippen LogP contribution in [0.15, 0.2) is 101 Å². The zero-order valence-corrected chi connectivity index (χ0v) is 22.5. The molecule has 2 saturated heterocycles. The molecule has 1 atom stereocenters. The highest BCUT2D eigenvalue weighted by Gasteiger charge is 2.45. The highest BCUT2D eigenvalue weighted by atomic mass is 32.2. The van der Waals surface area contributed by atoms with E-state index in [0.29, 0.717) is 26.2 Å². The molecule has 0 aliphatic carbocycles. The van der Waals surface area contributed by atoms with Crippen molar-refractivity contribution in [3.05, 3.63) is 91.0 Å². The van der Waals surface area contributed by atoms with Gasteiger partial charge in [-0.25, -0.2) is 16.8 Å². The van der Waals surface area contributed by atoms with E-state index in [4.69, 9.17) is 0 Å². The molecular formula is C27H30N4O5S2. The third kappa shape index (κ3) is 5.19. The van der Waals surface area contributed by atoms with Crippen molar-refractivity contribution in [3.63, 3.8) is 0 Å². The van der Waals surface area contributed by atoms with Gasteiger partial charge >= 0.3 is 0 Å². The summed E-state index contributed by atoms with van der Waals surface area (Å²) < 4.78 is 56.4. The van der Waals surface area contributed by atoms with E-state index in [-0.39, 0.29) is 35.3 Å². The van der Waals surface area contributed by atoms with Gasteiger partial charge in [0.1, 0.15) is 6.04 Å². The van der Waals surface area contributed by atoms with Crippen molar-refractivity contribution in [2.45, 2.75) is 15.8 Å². The van der Waals surface area contributed by atoms with Crippen LogP contribution >= 0.6 is 0 Å². The van der Waals surface area contributed by atoms with Crippen molar-refractivity contribution in [3.8, 4) is 0 Å². The highest BCUT2D eigenvalue weighted by molar-refractivity contribution is 7.89. The van der Waals surface area contributed by atoms with E-state index in [9.17, 15) is 21.6 Å². The molecule has 2 aliphatic rings. The van der Waals surface area contributed by atoms with Crippen molar-refractivity contribution in [2.24, 2.45) is 0 Å². The minimum Gasteiger partial charge on any atom is -0.368 e. The third-order valence-electron chi connectivity index (χ3n) is 7.02. The van der Waals surface area contributed by atoms with Gasteiger partial charge in [0.15, 0.2) is 0 Å². The number of rotatable bonds is 6. The molecule has 11 heteroatoms. The fraction of sp³-hybridized carbons (Fsp3) is 0.296. The molecule has 0 saturated carbocycles. The molecule has 5 rings (SSSR count). The number of nitrogens with zero attached hydrogens (tertiary/aromatic N) is 4. The maximum absolute atomic E-state index is 13.9. The lowest BCUT2D eigenvalue weighted by atomic mass is 10.1. The standard InChI is InChI=1S/C27H30N4O5S2/c32-27(29-18-16-28(17-19-29)23-10-4-1-5-11-23)26-22-30(37(33,34)24-12-6-2-7-13-24)20-21-31(26)38(35,36)25-14-8-3-9-15-25/h1-15,26H,16-22H2. The highest BCUT2D eigenvalue weighted by Crippen LogP contribution is 2.27. The fourth-order valence-corrected chi connectivity index (χ4v) is 8.00. The lowest BCUT2D eigenvalue weighted by Gasteiger charge is -2.43. The Labute approximate surface area is 224 Å². The van der Waals surface area contributed by atoms with Crippen molar-refractivity contribution >= 4 is 31.6 Å². The first-order valence-electron chi connectivity index (χ1n) is 12.5. The van der Waals surface area contributed by atoms with Crippen LogP contribution in [-0.4, -0.2) is 88.1 Å². The molecule has 38 heavy (non-hydrogen) atoms. The molecule has 1 unspecified atom stereocenters. The molecule has 0 radical (unpaired) electrons. The van der Waals surface area contributed by atoms with Gasteiger partial charge in [-0.15, -0.1) is 0 Å². The lowest BCUT2D eigenvalue weighted by molar-refractivity contribution is -0.136. The van der Waals surface area contributed by atoms with Gasteiger partial charge < -0.3 is 9.80 Å². The molecule has 0 N–H and O–H groups in total. The average molecular weight is 555 g/mol. The summed E-state index contributed by atoms with van der Waals surface area (Å²) >= 11 is 0. The van der Waals surface area contributed by atoms with Gasteiger partial charge in [0, 0.05) is 51.5 Å². The van der Waals surface area contributed by atoms with Gasteiger partial charge in [-0.3, -0.25) is 4.79 Å². The van der Waals surface area contributed by atoms with E-state index < -0.39 is 26.1 Å². The number of hydrogen-bond acceptors (Lipinski definition) is 6. The Balaban J connectivity index is 1.41. The Bertz CT molecular complexity index is 1460. The van der Waals surface area contributed by atoms with Crippen molar-refractivity contribution in [1.82, 2.24) is 13.5 Å². The predicted molar refractivity (Wildman–Crippen MR) is 145 cm³/mol. The molecule has 0 aromatic heterocycles. The summed E-state index contributed by atoms with van der Waals surface area (Å²) in [6.45, 7) is 1.60. The topological polar surface area (TPSA) is 98.3 Å². The predicted octanol–water partition coefficient (Wildman–Crippen LogP) is 2.10. The Hall–Kier alpha value is -3.25. The summed E-state index contributed by atoms with van der Waals surface area (Å²) in [6, 6.07) is 24.7. The van der Waals surface area contributed by atoms with Gasteiger partial charge in [-0.2, -0.15) is 8.61 Å². The number of piperazine rings is 2. The van der Waals surface area contributed by atoms with Crippen molar-refractivity contribution in [2.75, 3.05) is 50.7 Å². The summed E-state index contributed by atoms with van der Waals surface area (Å²) in [4.78, 5) is 17.9. The zero-order valence-electron chi connectivity index (χ0n) is 20.8. The molecule has 3 aromatic rings. The third-order valence-corrected chi connectivity index (χ3v) is 10.8. The molecule has 2 fully saturated rings. The average Bonchev–Trinajstić information content (AvgIpc) is 2.98. The summed E-state index contributed by atoms with van der Waals surface area (Å²) in [5.41, 5.74) is 1.06. The molecule has 9 nitrogen and oxygen atoms in total. The quantitative estimate of drug-likeness (QED) is 0.463. The Kier molecular flexibility index (Phi) is 7.53. The Morgan fingerprint density at radius 1 is 0.605 bits per heavy atom. The minimum absolute atomic E-state index is 0.0468. The van der Waals surface area contributed by atoms with E-state index in [2.05, 4.69) is 4.90 Å². The van der Waals surface area contributed by atoms with Crippen LogP contribution in [0.5, 0.6) is 0 Å². The molecule has 1 amide bonds. The second-order valence-electron chi connectivity index (χ2n) is 9.27. The van der Waals surface area contributed by atoms with Gasteiger partial charge in [0.2, 0.25) is 26.0 Å². The maximum atomic E-state index is 13.9. The monoisotopic (exact) mass is 554 g/mol. The number of carbonyl (C=O) groups excluding carboxylic acids is 1. The van der Waals surface area contributed by atoms with Gasteiger partial charge in [0.25, 0.3) is 0 Å². The van der Waals surface area contributed by atoms with Crippen LogP contribution < -0.4 is 4.90 Å². The summed E-state index contributed by atoms with van der Waals surface area (Å²) in [6.07, 6.45) is 0. The van der Waals surface area contributed by atoms with E-state index >= 15 is 0 Å². The van der Waals surface area contributed by atoms with E-state index in [1.54, 1.807) is 41.3 Å². The van der Waals surface area contributed by atoms with Crippen molar-refractivity contribution < 1.29 is 21.6 Å². The second-order valence-corrected chi connectivity index (χ2v) is 13.1. The van der Waals surface area contributed by atoms with Crippen LogP contribution in [0.3, 0.4) is 0 Å². The number of benzene rings is 3. The van der Waals surface area contributed by atoms with Crippen LogP contribution in [0.25, 0.3) is 0 Å². The first kappa shape index (κ1) is 26.4. The van der Waals surface area contributed by atoms with E-state index in [0.717, 1.165) is 5.69 Å². The molecule has 0 bridgehead atoms. The number of hydrogen-bond donors (Lipinski definition) is 0. The molecular weight excluding hydrogens is 524 g/mol. The Morgan fingerprint density at radius 3 is 1.66 bits per heavy atom. The second kappa shape index (κ2) is 10.9. The number of para-hydroxylation sites is 1. The van der Waals surface area contributed by atoms with Gasteiger partial charge in [-0.05, 0) is 36.4 Å². The van der Waals surface area contributed by atoms with Crippen LogP contribution in [0.4, 0.5) is 5.69 Å². The van der Waals surface area contributed by atoms with Gasteiger partial charge in [0.05, 0.1) is 9.79 Å². The Morgan fingerprint density at radius 2 is 1.11 bits per heavy atom.